The number of nitrogens with zero attached hydrogens (tertiary/aromatic N) is 1. The number of halogens is 4. The summed E-state index contributed by atoms with van der Waals surface area (Å²) in [5, 5.41) is 0. The van der Waals surface area contributed by atoms with Gasteiger partial charge in [-0.25, -0.2) is 4.39 Å². The molecule has 0 spiro atoms. The van der Waals surface area contributed by atoms with E-state index in [0.29, 0.717) is 6.07 Å². The SMILES string of the molecule is CCc1cc(OCC2=CN=C2)c(F)cc1C(F)(F)F. The monoisotopic (exact) mass is 273 g/mol. The van der Waals surface area contributed by atoms with Crippen LogP contribution in [-0.2, 0) is 12.6 Å². The highest BCUT2D eigenvalue weighted by Gasteiger charge is 2.34. The molecule has 0 fully saturated rings. The van der Waals surface area contributed by atoms with Gasteiger partial charge in [-0.15, -0.1) is 0 Å². The summed E-state index contributed by atoms with van der Waals surface area (Å²) >= 11 is 0. The van der Waals surface area contributed by atoms with E-state index >= 15 is 0 Å². The molecule has 2 rings (SSSR count). The Morgan fingerprint density at radius 1 is 1.26 bits per heavy atom. The van der Waals surface area contributed by atoms with Crippen LogP contribution in [0, 0.1) is 5.82 Å². The lowest BCUT2D eigenvalue weighted by molar-refractivity contribution is -0.138. The smallest absolute Gasteiger partial charge is 0.416 e. The second-order valence-electron chi connectivity index (χ2n) is 4.06. The average molecular weight is 273 g/mol. The molecule has 0 N–H and O–H groups in total. The lowest BCUT2D eigenvalue weighted by atomic mass is 10.0. The van der Waals surface area contributed by atoms with Crippen LogP contribution in [0.4, 0.5) is 17.6 Å². The van der Waals surface area contributed by atoms with Crippen LogP contribution in [0.5, 0.6) is 5.75 Å². The lowest BCUT2D eigenvalue weighted by Crippen LogP contribution is -2.12. The standard InChI is InChI=1S/C13H11F4NO/c1-2-9-3-12(19-7-8-5-18-6-8)11(14)4-10(9)13(15,16)17/h3-6H,2,7H2,1H3. The molecule has 0 bridgehead atoms. The van der Waals surface area contributed by atoms with E-state index in [4.69, 9.17) is 4.74 Å². The number of ether oxygens (including phenoxy) is 1. The normalized spacial score (nSPS) is 14.1. The van der Waals surface area contributed by atoms with Crippen LogP contribution in [0.25, 0.3) is 0 Å². The van der Waals surface area contributed by atoms with Crippen LogP contribution in [0.1, 0.15) is 18.1 Å². The summed E-state index contributed by atoms with van der Waals surface area (Å²) in [6.07, 6.45) is -1.32. The Bertz CT molecular complexity index is 546. The van der Waals surface area contributed by atoms with Crippen molar-refractivity contribution >= 4 is 6.21 Å². The zero-order chi connectivity index (χ0) is 14.0. The first-order chi connectivity index (χ1) is 8.91. The van der Waals surface area contributed by atoms with Crippen LogP contribution < -0.4 is 4.74 Å². The highest BCUT2D eigenvalue weighted by molar-refractivity contribution is 5.84. The minimum atomic E-state index is -4.56. The summed E-state index contributed by atoms with van der Waals surface area (Å²) in [6.45, 7) is 1.67. The van der Waals surface area contributed by atoms with Crippen molar-refractivity contribution in [2.45, 2.75) is 19.5 Å². The van der Waals surface area contributed by atoms with Crippen LogP contribution in [-0.4, -0.2) is 12.8 Å². The Kier molecular flexibility index (Phi) is 3.59. The second-order valence-corrected chi connectivity index (χ2v) is 4.06. The Labute approximate surface area is 107 Å². The molecule has 0 aromatic heterocycles. The van der Waals surface area contributed by atoms with Crippen LogP contribution in [0.3, 0.4) is 0 Å². The third-order valence-corrected chi connectivity index (χ3v) is 2.72. The zero-order valence-corrected chi connectivity index (χ0v) is 10.1. The van der Waals surface area contributed by atoms with E-state index in [-0.39, 0.29) is 24.3 Å². The van der Waals surface area contributed by atoms with E-state index in [2.05, 4.69) is 4.99 Å². The highest BCUT2D eigenvalue weighted by atomic mass is 19.4. The van der Waals surface area contributed by atoms with Crippen molar-refractivity contribution in [2.24, 2.45) is 4.99 Å². The fourth-order valence-corrected chi connectivity index (χ4v) is 1.68. The maximum absolute atomic E-state index is 13.6. The van der Waals surface area contributed by atoms with Crippen molar-refractivity contribution < 1.29 is 22.3 Å². The van der Waals surface area contributed by atoms with Gasteiger partial charge in [0.1, 0.15) is 6.61 Å². The van der Waals surface area contributed by atoms with Gasteiger partial charge in [-0.05, 0) is 24.1 Å². The molecule has 1 aromatic carbocycles. The first kappa shape index (κ1) is 13.6. The predicted octanol–water partition coefficient (Wildman–Crippen LogP) is 3.75. The van der Waals surface area contributed by atoms with Gasteiger partial charge in [0.05, 0.1) is 5.56 Å². The van der Waals surface area contributed by atoms with Gasteiger partial charge < -0.3 is 4.74 Å². The van der Waals surface area contributed by atoms with Crippen molar-refractivity contribution in [3.63, 3.8) is 0 Å². The van der Waals surface area contributed by atoms with Gasteiger partial charge in [-0.2, -0.15) is 13.2 Å². The summed E-state index contributed by atoms with van der Waals surface area (Å²) in [5.74, 6) is -1.19. The summed E-state index contributed by atoms with van der Waals surface area (Å²) in [6, 6.07) is 1.59. The first-order valence-corrected chi connectivity index (χ1v) is 5.66. The molecule has 0 radical (unpaired) electrons. The third kappa shape index (κ3) is 2.94. The van der Waals surface area contributed by atoms with Crippen molar-refractivity contribution in [1.29, 1.82) is 0 Å². The number of aliphatic imine (C=N–C) groups is 1. The molecular weight excluding hydrogens is 262 g/mol. The number of benzene rings is 1. The molecule has 102 valence electrons. The molecule has 0 atom stereocenters. The number of rotatable bonds is 4. The van der Waals surface area contributed by atoms with Gasteiger partial charge in [0.2, 0.25) is 0 Å². The van der Waals surface area contributed by atoms with Crippen molar-refractivity contribution in [3.8, 4) is 5.75 Å². The maximum atomic E-state index is 13.6. The quantitative estimate of drug-likeness (QED) is 0.765. The van der Waals surface area contributed by atoms with E-state index < -0.39 is 17.6 Å². The molecule has 0 amide bonds. The molecule has 19 heavy (non-hydrogen) atoms. The number of hydrogen-bond acceptors (Lipinski definition) is 2. The molecule has 1 aromatic rings. The minimum Gasteiger partial charge on any atom is -0.486 e. The molecule has 1 aliphatic heterocycles. The number of hydrogen-bond donors (Lipinski definition) is 0. The molecule has 2 nitrogen and oxygen atoms in total. The first-order valence-electron chi connectivity index (χ1n) is 5.66. The van der Waals surface area contributed by atoms with Gasteiger partial charge in [0.15, 0.2) is 11.6 Å². The molecular formula is C13H11F4NO. The zero-order valence-electron chi connectivity index (χ0n) is 10.1. The van der Waals surface area contributed by atoms with E-state index in [1.54, 1.807) is 19.3 Å². The predicted molar refractivity (Wildman–Crippen MR) is 62.9 cm³/mol. The van der Waals surface area contributed by atoms with E-state index in [0.717, 1.165) is 11.6 Å². The topological polar surface area (TPSA) is 21.6 Å². The molecule has 0 unspecified atom stereocenters. The van der Waals surface area contributed by atoms with Crippen LogP contribution in [0.2, 0.25) is 0 Å². The Morgan fingerprint density at radius 2 is 1.95 bits per heavy atom. The van der Waals surface area contributed by atoms with Gasteiger partial charge in [0.25, 0.3) is 0 Å². The molecule has 0 aliphatic carbocycles. The summed E-state index contributed by atoms with van der Waals surface area (Å²) in [5.41, 5.74) is -0.179. The Hall–Kier alpha value is -1.85. The summed E-state index contributed by atoms with van der Waals surface area (Å²) < 4.78 is 56.8. The molecule has 0 saturated heterocycles. The van der Waals surface area contributed by atoms with Gasteiger partial charge in [-0.1, -0.05) is 6.92 Å². The van der Waals surface area contributed by atoms with E-state index in [1.807, 2.05) is 0 Å². The second kappa shape index (κ2) is 5.03. The van der Waals surface area contributed by atoms with E-state index in [1.165, 1.54) is 0 Å². The lowest BCUT2D eigenvalue weighted by Gasteiger charge is -2.15. The van der Waals surface area contributed by atoms with Crippen molar-refractivity contribution in [3.05, 3.63) is 40.8 Å². The van der Waals surface area contributed by atoms with Gasteiger partial charge in [-0.3, -0.25) is 4.99 Å². The fourth-order valence-electron chi connectivity index (χ4n) is 1.68. The van der Waals surface area contributed by atoms with Crippen LogP contribution in [0.15, 0.2) is 28.9 Å². The molecule has 0 saturated carbocycles. The van der Waals surface area contributed by atoms with Crippen molar-refractivity contribution in [1.82, 2.24) is 0 Å². The Morgan fingerprint density at radius 3 is 2.42 bits per heavy atom. The van der Waals surface area contributed by atoms with Crippen LogP contribution >= 0.6 is 0 Å². The third-order valence-electron chi connectivity index (χ3n) is 2.72. The molecule has 6 heteroatoms. The highest BCUT2D eigenvalue weighted by Crippen LogP contribution is 2.35. The molecule has 1 aliphatic rings. The summed E-state index contributed by atoms with van der Waals surface area (Å²) in [4.78, 5) is 3.70. The van der Waals surface area contributed by atoms with E-state index in [9.17, 15) is 17.6 Å². The largest absolute Gasteiger partial charge is 0.486 e. The minimum absolute atomic E-state index is 0.0140. The van der Waals surface area contributed by atoms with Crippen molar-refractivity contribution in [2.75, 3.05) is 6.61 Å². The van der Waals surface area contributed by atoms with Gasteiger partial charge >= 0.3 is 6.18 Å². The maximum Gasteiger partial charge on any atom is 0.416 e. The number of aryl methyl sites for hydroxylation is 1. The van der Waals surface area contributed by atoms with Gasteiger partial charge in [0, 0.05) is 18.0 Å². The summed E-state index contributed by atoms with van der Waals surface area (Å²) in [7, 11) is 0. The fraction of sp³-hybridized carbons (Fsp3) is 0.308. The Balaban J connectivity index is 2.25. The molecule has 1 heterocycles. The average Bonchev–Trinajstić information content (AvgIpc) is 2.27. The number of alkyl halides is 3.